The normalized spacial score (nSPS) is 15.1. The Balaban J connectivity index is 3.22. The van der Waals surface area contributed by atoms with E-state index >= 15 is 0 Å². The number of benzene rings is 1. The number of rotatable bonds is 15. The third-order valence-electron chi connectivity index (χ3n) is 6.09. The average Bonchev–Trinajstić information content (AvgIpc) is 2.83. The van der Waals surface area contributed by atoms with Crippen LogP contribution in [0.15, 0.2) is 24.3 Å². The Hall–Kier alpha value is -3.67. The van der Waals surface area contributed by atoms with Crippen LogP contribution in [0.2, 0.25) is 0 Å². The molecular weight excluding hydrogens is 484 g/mol. The summed E-state index contributed by atoms with van der Waals surface area (Å²) in [7, 11) is 0. The number of phenols is 1. The Bertz CT molecular complexity index is 951. The lowest BCUT2D eigenvalue weighted by atomic mass is 9.98. The molecule has 0 aliphatic carbocycles. The van der Waals surface area contributed by atoms with Crippen molar-refractivity contribution in [2.75, 3.05) is 0 Å². The molecular formula is C25H38N4O8. The molecule has 1 rings (SSSR count). The van der Waals surface area contributed by atoms with Crippen molar-refractivity contribution < 1.29 is 39.3 Å². The standard InChI is InChI=1S/C25H38N4O8/c1-5-14(4)21(25(36)37)29-23(34)18(12-15-6-8-16(30)9-7-15)28-22(33)17(10-11-19(31)32)27-24(35)20(26)13(2)3/h6-9,13-14,17-18,20-21,30H,5,10-12,26H2,1-4H3,(H,27,35)(H,28,33)(H,29,34)(H,31,32)(H,36,37). The molecule has 12 heteroatoms. The summed E-state index contributed by atoms with van der Waals surface area (Å²) >= 11 is 0. The second kappa shape index (κ2) is 14.8. The predicted octanol–water partition coefficient (Wildman–Crippen LogP) is 0.368. The Morgan fingerprint density at radius 3 is 1.89 bits per heavy atom. The molecule has 3 amide bonds. The predicted molar refractivity (Wildman–Crippen MR) is 134 cm³/mol. The van der Waals surface area contributed by atoms with Gasteiger partial charge in [-0.05, 0) is 36.0 Å². The topological polar surface area (TPSA) is 208 Å². The molecule has 0 aromatic heterocycles. The highest BCUT2D eigenvalue weighted by atomic mass is 16.4. The van der Waals surface area contributed by atoms with Gasteiger partial charge in [0.1, 0.15) is 23.9 Å². The summed E-state index contributed by atoms with van der Waals surface area (Å²) < 4.78 is 0. The molecule has 0 aliphatic rings. The molecule has 0 saturated carbocycles. The van der Waals surface area contributed by atoms with Crippen LogP contribution in [-0.4, -0.2) is 69.1 Å². The van der Waals surface area contributed by atoms with Crippen LogP contribution in [0.3, 0.4) is 0 Å². The lowest BCUT2D eigenvalue weighted by molar-refractivity contribution is -0.143. The fourth-order valence-corrected chi connectivity index (χ4v) is 3.39. The SMILES string of the molecule is CCC(C)C(NC(=O)C(Cc1ccc(O)cc1)NC(=O)C(CCC(=O)O)NC(=O)C(N)C(C)C)C(=O)O. The number of aliphatic carboxylic acids is 2. The van der Waals surface area contributed by atoms with Crippen molar-refractivity contribution in [1.82, 2.24) is 16.0 Å². The van der Waals surface area contributed by atoms with Gasteiger partial charge in [0.05, 0.1) is 6.04 Å². The summed E-state index contributed by atoms with van der Waals surface area (Å²) in [4.78, 5) is 61.6. The third-order valence-corrected chi connectivity index (χ3v) is 6.09. The molecule has 1 aromatic carbocycles. The van der Waals surface area contributed by atoms with Crippen molar-refractivity contribution >= 4 is 29.7 Å². The summed E-state index contributed by atoms with van der Waals surface area (Å²) in [6.45, 7) is 6.87. The van der Waals surface area contributed by atoms with Crippen molar-refractivity contribution in [3.05, 3.63) is 29.8 Å². The van der Waals surface area contributed by atoms with E-state index in [1.165, 1.54) is 24.3 Å². The van der Waals surface area contributed by atoms with Crippen molar-refractivity contribution in [3.63, 3.8) is 0 Å². The van der Waals surface area contributed by atoms with Crippen LogP contribution in [0, 0.1) is 11.8 Å². The highest BCUT2D eigenvalue weighted by Gasteiger charge is 2.32. The van der Waals surface area contributed by atoms with Crippen LogP contribution in [0.25, 0.3) is 0 Å². The van der Waals surface area contributed by atoms with Crippen LogP contribution in [0.5, 0.6) is 5.75 Å². The van der Waals surface area contributed by atoms with E-state index in [1.807, 2.05) is 0 Å². The number of carboxylic acid groups (broad SMARTS) is 2. The van der Waals surface area contributed by atoms with Crippen molar-refractivity contribution in [2.45, 2.75) is 77.5 Å². The van der Waals surface area contributed by atoms with Crippen LogP contribution in [0.1, 0.15) is 52.5 Å². The van der Waals surface area contributed by atoms with Crippen LogP contribution in [-0.2, 0) is 30.4 Å². The second-order valence-corrected chi connectivity index (χ2v) is 9.41. The maximum absolute atomic E-state index is 13.2. The van der Waals surface area contributed by atoms with E-state index in [0.717, 1.165) is 0 Å². The maximum Gasteiger partial charge on any atom is 0.326 e. The number of carbonyl (C=O) groups is 5. The molecule has 0 bridgehead atoms. The third kappa shape index (κ3) is 10.5. The Morgan fingerprint density at radius 1 is 0.865 bits per heavy atom. The molecule has 8 N–H and O–H groups in total. The van der Waals surface area contributed by atoms with Crippen molar-refractivity contribution in [2.24, 2.45) is 17.6 Å². The summed E-state index contributed by atoms with van der Waals surface area (Å²) in [6.07, 6.45) is -0.267. The minimum atomic E-state index is -1.30. The van der Waals surface area contributed by atoms with E-state index in [2.05, 4.69) is 16.0 Å². The smallest absolute Gasteiger partial charge is 0.326 e. The molecule has 0 aliphatic heterocycles. The Morgan fingerprint density at radius 2 is 1.41 bits per heavy atom. The van der Waals surface area contributed by atoms with Gasteiger partial charge in [-0.2, -0.15) is 0 Å². The van der Waals surface area contributed by atoms with Crippen LogP contribution < -0.4 is 21.7 Å². The highest BCUT2D eigenvalue weighted by molar-refractivity contribution is 5.94. The molecule has 5 atom stereocenters. The monoisotopic (exact) mass is 522 g/mol. The number of hydrogen-bond donors (Lipinski definition) is 7. The van der Waals surface area contributed by atoms with Gasteiger partial charge in [0.2, 0.25) is 17.7 Å². The number of aromatic hydroxyl groups is 1. The summed E-state index contributed by atoms with van der Waals surface area (Å²) in [5.41, 5.74) is 6.41. The zero-order valence-electron chi connectivity index (χ0n) is 21.6. The van der Waals surface area contributed by atoms with Gasteiger partial charge < -0.3 is 37.0 Å². The number of hydrogen-bond acceptors (Lipinski definition) is 7. The molecule has 0 fully saturated rings. The van der Waals surface area contributed by atoms with Gasteiger partial charge in [-0.15, -0.1) is 0 Å². The molecule has 206 valence electrons. The van der Waals surface area contributed by atoms with Crippen LogP contribution in [0.4, 0.5) is 0 Å². The number of carbonyl (C=O) groups excluding carboxylic acids is 3. The van der Waals surface area contributed by atoms with Crippen molar-refractivity contribution in [1.29, 1.82) is 0 Å². The zero-order chi connectivity index (χ0) is 28.3. The quantitative estimate of drug-likeness (QED) is 0.169. The molecule has 12 nitrogen and oxygen atoms in total. The summed E-state index contributed by atoms with van der Waals surface area (Å²) in [6, 6.07) is 1.17. The number of phenolic OH excluding ortho intramolecular Hbond substituents is 1. The van der Waals surface area contributed by atoms with E-state index in [9.17, 15) is 34.2 Å². The maximum atomic E-state index is 13.2. The minimum absolute atomic E-state index is 0.00515. The Labute approximate surface area is 216 Å². The molecule has 37 heavy (non-hydrogen) atoms. The first-order valence-corrected chi connectivity index (χ1v) is 12.2. The molecule has 1 aromatic rings. The number of amides is 3. The van der Waals surface area contributed by atoms with E-state index in [0.29, 0.717) is 12.0 Å². The second-order valence-electron chi connectivity index (χ2n) is 9.41. The van der Waals surface area contributed by atoms with E-state index in [-0.39, 0.29) is 24.5 Å². The average molecular weight is 523 g/mol. The highest BCUT2D eigenvalue weighted by Crippen LogP contribution is 2.13. The lowest BCUT2D eigenvalue weighted by Gasteiger charge is -2.27. The molecule has 0 heterocycles. The fourth-order valence-electron chi connectivity index (χ4n) is 3.39. The fraction of sp³-hybridized carbons (Fsp3) is 0.560. The largest absolute Gasteiger partial charge is 0.508 e. The van der Waals surface area contributed by atoms with Gasteiger partial charge in [-0.1, -0.05) is 46.2 Å². The van der Waals surface area contributed by atoms with Gasteiger partial charge >= 0.3 is 11.9 Å². The number of nitrogens with two attached hydrogens (primary N) is 1. The van der Waals surface area contributed by atoms with Gasteiger partial charge in [0.25, 0.3) is 0 Å². The van der Waals surface area contributed by atoms with E-state index in [1.54, 1.807) is 27.7 Å². The van der Waals surface area contributed by atoms with Gasteiger partial charge in [0, 0.05) is 12.8 Å². The molecule has 0 saturated heterocycles. The first-order valence-electron chi connectivity index (χ1n) is 12.2. The summed E-state index contributed by atoms with van der Waals surface area (Å²) in [5.74, 6) is -5.30. The zero-order valence-corrected chi connectivity index (χ0v) is 21.6. The van der Waals surface area contributed by atoms with Crippen molar-refractivity contribution in [3.8, 4) is 5.75 Å². The number of carboxylic acids is 2. The number of nitrogens with one attached hydrogen (secondary N) is 3. The molecule has 0 radical (unpaired) electrons. The first-order chi connectivity index (χ1) is 17.3. The van der Waals surface area contributed by atoms with E-state index < -0.39 is 66.2 Å². The van der Waals surface area contributed by atoms with Crippen LogP contribution >= 0.6 is 0 Å². The molecule has 0 spiro atoms. The van der Waals surface area contributed by atoms with Gasteiger partial charge in [0.15, 0.2) is 0 Å². The van der Waals surface area contributed by atoms with Gasteiger partial charge in [-0.3, -0.25) is 19.2 Å². The Kier molecular flexibility index (Phi) is 12.5. The summed E-state index contributed by atoms with van der Waals surface area (Å²) in [5, 5.41) is 35.6. The lowest BCUT2D eigenvalue weighted by Crippen LogP contribution is -2.58. The van der Waals surface area contributed by atoms with Gasteiger partial charge in [-0.25, -0.2) is 4.79 Å². The molecule has 5 unspecified atom stereocenters. The first kappa shape index (κ1) is 31.4. The van der Waals surface area contributed by atoms with E-state index in [4.69, 9.17) is 10.8 Å². The minimum Gasteiger partial charge on any atom is -0.508 e.